The van der Waals surface area contributed by atoms with Gasteiger partial charge < -0.3 is 29.0 Å². The van der Waals surface area contributed by atoms with Crippen LogP contribution in [0.25, 0.3) is 10.9 Å². The molecule has 0 aliphatic carbocycles. The van der Waals surface area contributed by atoms with Crippen LogP contribution in [-0.2, 0) is 24.3 Å². The Labute approximate surface area is 228 Å². The number of ether oxygens (including phenoxy) is 3. The van der Waals surface area contributed by atoms with Gasteiger partial charge in [-0.3, -0.25) is 9.59 Å². The van der Waals surface area contributed by atoms with Gasteiger partial charge in [-0.25, -0.2) is 0 Å². The molecule has 4 aromatic rings. The third-order valence-electron chi connectivity index (χ3n) is 7.53. The first-order chi connectivity index (χ1) is 18.9. The highest BCUT2D eigenvalue weighted by molar-refractivity contribution is 6.03. The van der Waals surface area contributed by atoms with Crippen molar-refractivity contribution in [2.45, 2.75) is 32.0 Å². The van der Waals surface area contributed by atoms with Gasteiger partial charge in [0.05, 0.1) is 27.9 Å². The Morgan fingerprint density at radius 1 is 0.897 bits per heavy atom. The van der Waals surface area contributed by atoms with Gasteiger partial charge in [-0.15, -0.1) is 0 Å². The van der Waals surface area contributed by atoms with Crippen LogP contribution in [0.4, 0.5) is 0 Å². The van der Waals surface area contributed by atoms with Gasteiger partial charge in [-0.1, -0.05) is 42.5 Å². The SMILES string of the molecule is COc1ccccc1CNC(=O)[C@]1(C)Cn2c(cc3ccccc32)C(=O)N1CCc1ccc(OC)c(OC)c1. The van der Waals surface area contributed by atoms with Crippen molar-refractivity contribution in [1.82, 2.24) is 14.8 Å². The largest absolute Gasteiger partial charge is 0.496 e. The zero-order chi connectivity index (χ0) is 27.6. The number of aromatic nitrogens is 1. The van der Waals surface area contributed by atoms with Crippen molar-refractivity contribution in [3.8, 4) is 17.2 Å². The van der Waals surface area contributed by atoms with Gasteiger partial charge in [0.1, 0.15) is 17.0 Å². The minimum Gasteiger partial charge on any atom is -0.496 e. The van der Waals surface area contributed by atoms with Crippen molar-refractivity contribution >= 4 is 22.7 Å². The fraction of sp³-hybridized carbons (Fsp3) is 0.290. The number of nitrogens with one attached hydrogen (secondary N) is 1. The van der Waals surface area contributed by atoms with Crippen LogP contribution in [0, 0.1) is 0 Å². The molecule has 1 aromatic heterocycles. The Balaban J connectivity index is 1.47. The van der Waals surface area contributed by atoms with Crippen molar-refractivity contribution in [1.29, 1.82) is 0 Å². The molecule has 1 atom stereocenters. The van der Waals surface area contributed by atoms with Gasteiger partial charge in [0.25, 0.3) is 5.91 Å². The van der Waals surface area contributed by atoms with Crippen molar-refractivity contribution in [3.05, 3.63) is 89.6 Å². The average molecular weight is 528 g/mol. The third-order valence-corrected chi connectivity index (χ3v) is 7.53. The molecule has 0 radical (unpaired) electrons. The number of amides is 2. The summed E-state index contributed by atoms with van der Waals surface area (Å²) in [6.07, 6.45) is 0.543. The third kappa shape index (κ3) is 4.78. The molecule has 0 fully saturated rings. The fourth-order valence-corrected chi connectivity index (χ4v) is 5.35. The van der Waals surface area contributed by atoms with E-state index in [4.69, 9.17) is 14.2 Å². The van der Waals surface area contributed by atoms with E-state index in [9.17, 15) is 9.59 Å². The summed E-state index contributed by atoms with van der Waals surface area (Å²) in [5, 5.41) is 4.05. The van der Waals surface area contributed by atoms with Gasteiger partial charge in [0.15, 0.2) is 11.5 Å². The number of rotatable bonds is 9. The summed E-state index contributed by atoms with van der Waals surface area (Å²) in [5.74, 6) is 1.56. The van der Waals surface area contributed by atoms with Gasteiger partial charge >= 0.3 is 0 Å². The molecule has 8 heteroatoms. The molecule has 0 saturated heterocycles. The predicted molar refractivity (Wildman–Crippen MR) is 149 cm³/mol. The molecule has 0 saturated carbocycles. The van der Waals surface area contributed by atoms with Crippen LogP contribution in [-0.4, -0.2) is 54.7 Å². The van der Waals surface area contributed by atoms with Crippen LogP contribution >= 0.6 is 0 Å². The Morgan fingerprint density at radius 3 is 2.38 bits per heavy atom. The second-order valence-corrected chi connectivity index (χ2v) is 9.84. The number of methoxy groups -OCH3 is 3. The Morgan fingerprint density at radius 2 is 1.62 bits per heavy atom. The topological polar surface area (TPSA) is 82.0 Å². The van der Waals surface area contributed by atoms with Crippen molar-refractivity contribution in [2.24, 2.45) is 0 Å². The zero-order valence-electron chi connectivity index (χ0n) is 22.7. The van der Waals surface area contributed by atoms with E-state index in [0.717, 1.165) is 22.0 Å². The molecule has 2 heterocycles. The molecule has 0 unspecified atom stereocenters. The predicted octanol–water partition coefficient (Wildman–Crippen LogP) is 4.44. The van der Waals surface area contributed by atoms with E-state index in [-0.39, 0.29) is 18.4 Å². The van der Waals surface area contributed by atoms with E-state index < -0.39 is 5.54 Å². The molecule has 2 amide bonds. The summed E-state index contributed by atoms with van der Waals surface area (Å²) in [4.78, 5) is 29.6. The average Bonchev–Trinajstić information content (AvgIpc) is 3.34. The van der Waals surface area contributed by atoms with Gasteiger partial charge in [0.2, 0.25) is 5.91 Å². The normalized spacial score (nSPS) is 16.6. The molecular weight excluding hydrogens is 494 g/mol. The van der Waals surface area contributed by atoms with Crippen LogP contribution in [0.15, 0.2) is 72.8 Å². The zero-order valence-corrected chi connectivity index (χ0v) is 22.7. The minimum atomic E-state index is -1.12. The van der Waals surface area contributed by atoms with Crippen molar-refractivity contribution in [2.75, 3.05) is 27.9 Å². The van der Waals surface area contributed by atoms with Crippen LogP contribution in [0.5, 0.6) is 17.2 Å². The van der Waals surface area contributed by atoms with Gasteiger partial charge in [0, 0.05) is 29.6 Å². The van der Waals surface area contributed by atoms with E-state index >= 15 is 0 Å². The van der Waals surface area contributed by atoms with Crippen LogP contribution in [0.3, 0.4) is 0 Å². The summed E-state index contributed by atoms with van der Waals surface area (Å²) in [7, 11) is 4.80. The van der Waals surface area contributed by atoms with E-state index in [1.165, 1.54) is 0 Å². The number of benzene rings is 3. The highest BCUT2D eigenvalue weighted by Crippen LogP contribution is 2.33. The molecule has 1 aliphatic rings. The minimum absolute atomic E-state index is 0.173. The highest BCUT2D eigenvalue weighted by atomic mass is 16.5. The maximum atomic E-state index is 14.0. The standard InChI is InChI=1S/C31H33N3O5/c1-31(30(36)32-19-23-10-6-8-12-26(23)37-2)20-33-24-11-7-5-9-22(24)18-25(33)29(35)34(31)16-15-21-13-14-27(38-3)28(17-21)39-4/h5-14,17-18H,15-16,19-20H2,1-4H3,(H,32,36)/t31-/m0/s1. The number of hydrogen-bond donors (Lipinski definition) is 1. The Kier molecular flexibility index (Phi) is 7.19. The molecule has 202 valence electrons. The first-order valence-electron chi connectivity index (χ1n) is 12.9. The molecular formula is C31H33N3O5. The second kappa shape index (κ2) is 10.7. The molecule has 1 N–H and O–H groups in total. The number of hydrogen-bond acceptors (Lipinski definition) is 5. The second-order valence-electron chi connectivity index (χ2n) is 9.84. The first kappa shape index (κ1) is 26.2. The lowest BCUT2D eigenvalue weighted by atomic mass is 9.93. The summed E-state index contributed by atoms with van der Waals surface area (Å²) in [6, 6.07) is 23.1. The van der Waals surface area contributed by atoms with E-state index in [2.05, 4.69) is 5.32 Å². The lowest BCUT2D eigenvalue weighted by molar-refractivity contribution is -0.133. The summed E-state index contributed by atoms with van der Waals surface area (Å²) < 4.78 is 18.2. The highest BCUT2D eigenvalue weighted by Gasteiger charge is 2.47. The summed E-state index contributed by atoms with van der Waals surface area (Å²) >= 11 is 0. The van der Waals surface area contributed by atoms with Crippen LogP contribution < -0.4 is 19.5 Å². The monoisotopic (exact) mass is 527 g/mol. The maximum Gasteiger partial charge on any atom is 0.271 e. The fourth-order valence-electron chi connectivity index (χ4n) is 5.35. The lowest BCUT2D eigenvalue weighted by Gasteiger charge is -2.44. The summed E-state index contributed by atoms with van der Waals surface area (Å²) in [6.45, 7) is 2.82. The van der Waals surface area contributed by atoms with E-state index in [1.54, 1.807) is 26.2 Å². The molecule has 1 aliphatic heterocycles. The molecule has 8 nitrogen and oxygen atoms in total. The molecule has 39 heavy (non-hydrogen) atoms. The lowest BCUT2D eigenvalue weighted by Crippen LogP contribution is -2.64. The van der Waals surface area contributed by atoms with Crippen LogP contribution in [0.1, 0.15) is 28.5 Å². The molecule has 5 rings (SSSR count). The Bertz CT molecular complexity index is 1530. The molecule has 0 bridgehead atoms. The number of nitrogens with zero attached hydrogens (tertiary/aromatic N) is 2. The van der Waals surface area contributed by atoms with Gasteiger partial charge in [-0.2, -0.15) is 0 Å². The van der Waals surface area contributed by atoms with Crippen molar-refractivity contribution in [3.63, 3.8) is 0 Å². The Hall–Kier alpha value is -4.46. The number of para-hydroxylation sites is 2. The number of carbonyl (C=O) groups is 2. The van der Waals surface area contributed by atoms with Crippen LogP contribution in [0.2, 0.25) is 0 Å². The molecule has 3 aromatic carbocycles. The number of carbonyl (C=O) groups excluding carboxylic acids is 2. The number of fused-ring (bicyclic) bond motifs is 3. The first-order valence-corrected chi connectivity index (χ1v) is 12.9. The van der Waals surface area contributed by atoms with E-state index in [0.29, 0.717) is 42.5 Å². The summed E-state index contributed by atoms with van der Waals surface area (Å²) in [5.41, 5.74) is 2.24. The molecule has 0 spiro atoms. The quantitative estimate of drug-likeness (QED) is 0.348. The smallest absolute Gasteiger partial charge is 0.271 e. The van der Waals surface area contributed by atoms with Crippen molar-refractivity contribution < 1.29 is 23.8 Å². The van der Waals surface area contributed by atoms with E-state index in [1.807, 2.05) is 84.3 Å². The maximum absolute atomic E-state index is 14.0. The van der Waals surface area contributed by atoms with Gasteiger partial charge in [-0.05, 0) is 49.2 Å².